The molecule has 4 rings (SSSR count). The van der Waals surface area contributed by atoms with E-state index in [1.165, 1.54) is 23.9 Å². The molecule has 34 heavy (non-hydrogen) atoms. The van der Waals surface area contributed by atoms with Crippen LogP contribution in [-0.2, 0) is 6.42 Å². The number of halogens is 2. The lowest BCUT2D eigenvalue weighted by atomic mass is 9.74. The van der Waals surface area contributed by atoms with E-state index in [0.717, 1.165) is 38.9 Å². The van der Waals surface area contributed by atoms with Crippen molar-refractivity contribution in [3.63, 3.8) is 0 Å². The first-order valence-electron chi connectivity index (χ1n) is 12.2. The SMILES string of the molecule is COc1ccc2ncc(Cl)c([C@@H](F)CCC3(CO)CCN(CCCCc4cccs4)CC3)c2c1. The van der Waals surface area contributed by atoms with Gasteiger partial charge in [0.1, 0.15) is 11.9 Å². The number of likely N-dealkylation sites (tertiary alicyclic amines) is 1. The Labute approximate surface area is 210 Å². The summed E-state index contributed by atoms with van der Waals surface area (Å²) in [6, 6.07) is 9.76. The van der Waals surface area contributed by atoms with Crippen molar-refractivity contribution in [1.29, 1.82) is 0 Å². The highest BCUT2D eigenvalue weighted by molar-refractivity contribution is 7.09. The molecule has 0 aliphatic carbocycles. The zero-order valence-electron chi connectivity index (χ0n) is 19.8. The van der Waals surface area contributed by atoms with Gasteiger partial charge in [0.2, 0.25) is 0 Å². The zero-order valence-corrected chi connectivity index (χ0v) is 21.4. The molecule has 2 aromatic heterocycles. The summed E-state index contributed by atoms with van der Waals surface area (Å²) in [4.78, 5) is 8.29. The van der Waals surface area contributed by atoms with Crippen molar-refractivity contribution in [1.82, 2.24) is 9.88 Å². The minimum atomic E-state index is -1.22. The molecule has 184 valence electrons. The van der Waals surface area contributed by atoms with Crippen molar-refractivity contribution in [2.45, 2.75) is 51.1 Å². The fourth-order valence-corrected chi connectivity index (χ4v) is 6.04. The van der Waals surface area contributed by atoms with E-state index in [1.807, 2.05) is 23.5 Å². The number of ether oxygens (including phenoxy) is 1. The van der Waals surface area contributed by atoms with Crippen molar-refractivity contribution < 1.29 is 14.2 Å². The molecule has 1 fully saturated rings. The van der Waals surface area contributed by atoms with Crippen LogP contribution < -0.4 is 4.74 Å². The van der Waals surface area contributed by atoms with Crippen LogP contribution >= 0.6 is 22.9 Å². The minimum absolute atomic E-state index is 0.102. The van der Waals surface area contributed by atoms with Gasteiger partial charge in [-0.3, -0.25) is 4.98 Å². The molecule has 4 nitrogen and oxygen atoms in total. The molecule has 0 spiro atoms. The van der Waals surface area contributed by atoms with Gasteiger partial charge in [0.05, 0.1) is 17.6 Å². The van der Waals surface area contributed by atoms with Gasteiger partial charge in [0.25, 0.3) is 0 Å². The summed E-state index contributed by atoms with van der Waals surface area (Å²) in [5.41, 5.74) is 0.957. The lowest BCUT2D eigenvalue weighted by molar-refractivity contribution is 0.0298. The van der Waals surface area contributed by atoms with E-state index in [0.29, 0.717) is 40.1 Å². The maximum absolute atomic E-state index is 15.6. The summed E-state index contributed by atoms with van der Waals surface area (Å²) in [6.45, 7) is 3.13. The molecular formula is C27H34ClFN2O2S. The Morgan fingerprint density at radius 2 is 2.09 bits per heavy atom. The van der Waals surface area contributed by atoms with Crippen LogP contribution in [0.15, 0.2) is 41.9 Å². The Bertz CT molecular complexity index is 1050. The molecule has 1 atom stereocenters. The number of methoxy groups -OCH3 is 1. The van der Waals surface area contributed by atoms with Crippen LogP contribution in [0.1, 0.15) is 55.1 Å². The third-order valence-electron chi connectivity index (χ3n) is 7.29. The smallest absolute Gasteiger partial charge is 0.127 e. The second-order valence-corrected chi connectivity index (χ2v) is 10.9. The summed E-state index contributed by atoms with van der Waals surface area (Å²) in [5, 5.41) is 13.4. The molecule has 0 amide bonds. The lowest BCUT2D eigenvalue weighted by Gasteiger charge is -2.41. The molecule has 0 bridgehead atoms. The number of benzene rings is 1. The number of aliphatic hydroxyl groups excluding tert-OH is 1. The predicted molar refractivity (Wildman–Crippen MR) is 139 cm³/mol. The van der Waals surface area contributed by atoms with Crippen molar-refractivity contribution in [3.05, 3.63) is 57.4 Å². The maximum Gasteiger partial charge on any atom is 0.127 e. The zero-order chi connectivity index (χ0) is 24.0. The lowest BCUT2D eigenvalue weighted by Crippen LogP contribution is -2.42. The highest BCUT2D eigenvalue weighted by Gasteiger charge is 2.35. The van der Waals surface area contributed by atoms with Crippen molar-refractivity contribution in [2.75, 3.05) is 33.4 Å². The summed E-state index contributed by atoms with van der Waals surface area (Å²) >= 11 is 8.23. The number of piperidine rings is 1. The van der Waals surface area contributed by atoms with Gasteiger partial charge in [-0.05, 0) is 99.6 Å². The number of rotatable bonds is 11. The second kappa shape index (κ2) is 11.8. The van der Waals surface area contributed by atoms with Gasteiger partial charge in [0.15, 0.2) is 0 Å². The van der Waals surface area contributed by atoms with Crippen LogP contribution in [0.4, 0.5) is 4.39 Å². The Kier molecular flexibility index (Phi) is 8.81. The van der Waals surface area contributed by atoms with Gasteiger partial charge in [-0.25, -0.2) is 4.39 Å². The average Bonchev–Trinajstić information content (AvgIpc) is 3.39. The quantitative estimate of drug-likeness (QED) is 0.290. The Morgan fingerprint density at radius 3 is 2.79 bits per heavy atom. The highest BCUT2D eigenvalue weighted by atomic mass is 35.5. The Hall–Kier alpha value is -1.73. The largest absolute Gasteiger partial charge is 0.497 e. The number of unbranched alkanes of at least 4 members (excludes halogenated alkanes) is 1. The van der Waals surface area contributed by atoms with Gasteiger partial charge < -0.3 is 14.7 Å². The fourth-order valence-electron chi connectivity index (χ4n) is 5.02. The van der Waals surface area contributed by atoms with Crippen LogP contribution in [0, 0.1) is 5.41 Å². The van der Waals surface area contributed by atoms with E-state index in [-0.39, 0.29) is 12.0 Å². The Balaban J connectivity index is 1.31. The van der Waals surface area contributed by atoms with Crippen LogP contribution in [0.5, 0.6) is 5.75 Å². The van der Waals surface area contributed by atoms with Gasteiger partial charge in [-0.1, -0.05) is 17.7 Å². The van der Waals surface area contributed by atoms with Gasteiger partial charge in [0, 0.05) is 28.6 Å². The standard InChI is InChI=1S/C27H34ClFN2O2S/c1-33-20-7-8-25-22(17-20)26(23(28)18-30-25)24(29)9-10-27(19-32)11-14-31(15-12-27)13-3-2-5-21-6-4-16-34-21/h4,6-8,16-18,24,32H,2-3,5,9-15,19H2,1H3/t24-/m0/s1. The number of nitrogens with zero attached hydrogens (tertiary/aromatic N) is 2. The van der Waals surface area contributed by atoms with Crippen molar-refractivity contribution in [2.24, 2.45) is 5.41 Å². The van der Waals surface area contributed by atoms with Gasteiger partial charge in [-0.15, -0.1) is 11.3 Å². The highest BCUT2D eigenvalue weighted by Crippen LogP contribution is 2.41. The van der Waals surface area contributed by atoms with Crippen molar-refractivity contribution in [3.8, 4) is 5.75 Å². The molecule has 1 aromatic carbocycles. The first kappa shape index (κ1) is 25.4. The van der Waals surface area contributed by atoms with E-state index in [4.69, 9.17) is 16.3 Å². The van der Waals surface area contributed by atoms with Gasteiger partial charge in [-0.2, -0.15) is 0 Å². The summed E-state index contributed by atoms with van der Waals surface area (Å²) < 4.78 is 20.9. The number of aryl methyl sites for hydroxylation is 1. The molecular weight excluding hydrogens is 471 g/mol. The normalized spacial score (nSPS) is 17.2. The molecule has 1 N–H and O–H groups in total. The minimum Gasteiger partial charge on any atom is -0.497 e. The fraction of sp³-hybridized carbons (Fsp3) is 0.519. The summed E-state index contributed by atoms with van der Waals surface area (Å²) in [5.74, 6) is 0.652. The number of aliphatic hydroxyl groups is 1. The van der Waals surface area contributed by atoms with E-state index >= 15 is 4.39 Å². The molecule has 7 heteroatoms. The number of aromatic nitrogens is 1. The summed E-state index contributed by atoms with van der Waals surface area (Å²) in [6.07, 6.45) is 6.63. The maximum atomic E-state index is 15.6. The molecule has 1 saturated heterocycles. The second-order valence-electron chi connectivity index (χ2n) is 9.45. The third kappa shape index (κ3) is 6.09. The number of thiophene rings is 1. The van der Waals surface area contributed by atoms with Crippen LogP contribution in [-0.4, -0.2) is 48.3 Å². The average molecular weight is 505 g/mol. The predicted octanol–water partition coefficient (Wildman–Crippen LogP) is 6.85. The molecule has 1 aliphatic heterocycles. The summed E-state index contributed by atoms with van der Waals surface area (Å²) in [7, 11) is 1.59. The topological polar surface area (TPSA) is 45.6 Å². The first-order valence-corrected chi connectivity index (χ1v) is 13.4. The molecule has 1 aliphatic rings. The van der Waals surface area contributed by atoms with Crippen molar-refractivity contribution >= 4 is 33.8 Å². The molecule has 3 aromatic rings. The Morgan fingerprint density at radius 1 is 1.26 bits per heavy atom. The van der Waals surface area contributed by atoms with E-state index in [9.17, 15) is 5.11 Å². The first-order chi connectivity index (χ1) is 16.5. The molecule has 0 saturated carbocycles. The molecule has 0 radical (unpaired) electrons. The van der Waals surface area contributed by atoms with Gasteiger partial charge >= 0.3 is 0 Å². The van der Waals surface area contributed by atoms with Crippen LogP contribution in [0.25, 0.3) is 10.9 Å². The number of alkyl halides is 1. The van der Waals surface area contributed by atoms with E-state index in [1.54, 1.807) is 13.2 Å². The molecule has 3 heterocycles. The van der Waals surface area contributed by atoms with E-state index < -0.39 is 6.17 Å². The number of hydrogen-bond acceptors (Lipinski definition) is 5. The molecule has 0 unspecified atom stereocenters. The van der Waals surface area contributed by atoms with E-state index in [2.05, 4.69) is 27.4 Å². The van der Waals surface area contributed by atoms with Crippen LogP contribution in [0.3, 0.4) is 0 Å². The monoisotopic (exact) mass is 504 g/mol. The number of pyridine rings is 1. The number of hydrogen-bond donors (Lipinski definition) is 1. The number of fused-ring (bicyclic) bond motifs is 1. The van der Waals surface area contributed by atoms with Crippen LogP contribution in [0.2, 0.25) is 5.02 Å². The third-order valence-corrected chi connectivity index (χ3v) is 8.53.